The molecular weight excluding hydrogens is 418 g/mol. The first-order chi connectivity index (χ1) is 16.0. The first-order valence-corrected chi connectivity index (χ1v) is 11.4. The minimum absolute atomic E-state index is 0.224. The molecular formula is C25H31N5O3. The molecule has 1 aromatic carbocycles. The third-order valence-corrected chi connectivity index (χ3v) is 6.01. The van der Waals surface area contributed by atoms with E-state index in [4.69, 9.17) is 14.9 Å². The zero-order valence-electron chi connectivity index (χ0n) is 19.2. The SMILES string of the molecule is CCOc1nc(C(=O)NCC2CCN(Cc3ncc(-c4ccccc4)o3)CC2)cc(N)c1C. The Kier molecular flexibility index (Phi) is 7.24. The number of amides is 1. The fourth-order valence-electron chi connectivity index (χ4n) is 3.98. The molecule has 2 aromatic heterocycles. The lowest BCUT2D eigenvalue weighted by atomic mass is 9.96. The Balaban J connectivity index is 1.25. The second-order valence-electron chi connectivity index (χ2n) is 8.37. The molecule has 0 bridgehead atoms. The maximum atomic E-state index is 12.6. The number of nitrogens with zero attached hydrogens (tertiary/aromatic N) is 3. The van der Waals surface area contributed by atoms with Gasteiger partial charge < -0.3 is 20.2 Å². The van der Waals surface area contributed by atoms with Gasteiger partial charge in [-0.2, -0.15) is 0 Å². The Labute approximate surface area is 194 Å². The molecule has 4 rings (SSSR count). The number of ether oxygens (including phenoxy) is 1. The summed E-state index contributed by atoms with van der Waals surface area (Å²) in [5.41, 5.74) is 8.60. The smallest absolute Gasteiger partial charge is 0.270 e. The Morgan fingerprint density at radius 2 is 2.03 bits per heavy atom. The van der Waals surface area contributed by atoms with Crippen molar-refractivity contribution in [3.8, 4) is 17.2 Å². The van der Waals surface area contributed by atoms with E-state index in [2.05, 4.69) is 20.2 Å². The van der Waals surface area contributed by atoms with Crippen LogP contribution in [0.2, 0.25) is 0 Å². The predicted molar refractivity (Wildman–Crippen MR) is 127 cm³/mol. The topological polar surface area (TPSA) is 107 Å². The molecule has 3 heterocycles. The molecule has 0 spiro atoms. The molecule has 1 saturated heterocycles. The van der Waals surface area contributed by atoms with Crippen LogP contribution in [-0.2, 0) is 6.54 Å². The third kappa shape index (κ3) is 5.70. The zero-order chi connectivity index (χ0) is 23.2. The fourth-order valence-corrected chi connectivity index (χ4v) is 3.98. The molecule has 0 atom stereocenters. The van der Waals surface area contributed by atoms with Gasteiger partial charge in [-0.05, 0) is 51.8 Å². The lowest BCUT2D eigenvalue weighted by Crippen LogP contribution is -2.38. The van der Waals surface area contributed by atoms with Crippen molar-refractivity contribution < 1.29 is 13.9 Å². The molecule has 1 aliphatic heterocycles. The summed E-state index contributed by atoms with van der Waals surface area (Å²) in [4.78, 5) is 23.7. The molecule has 3 aromatic rings. The molecule has 1 fully saturated rings. The number of nitrogens with two attached hydrogens (primary N) is 1. The molecule has 0 radical (unpaired) electrons. The van der Waals surface area contributed by atoms with Crippen LogP contribution in [0.1, 0.15) is 41.7 Å². The first kappa shape index (κ1) is 22.8. The first-order valence-electron chi connectivity index (χ1n) is 11.4. The number of piperidine rings is 1. The van der Waals surface area contributed by atoms with Gasteiger partial charge in [-0.25, -0.2) is 9.97 Å². The maximum Gasteiger partial charge on any atom is 0.270 e. The van der Waals surface area contributed by atoms with Crippen LogP contribution in [0.4, 0.5) is 5.69 Å². The molecule has 3 N–H and O–H groups in total. The molecule has 174 valence electrons. The van der Waals surface area contributed by atoms with Gasteiger partial charge in [0.2, 0.25) is 11.8 Å². The van der Waals surface area contributed by atoms with E-state index in [0.29, 0.717) is 37.2 Å². The van der Waals surface area contributed by atoms with Gasteiger partial charge in [-0.15, -0.1) is 0 Å². The van der Waals surface area contributed by atoms with Gasteiger partial charge in [0, 0.05) is 23.4 Å². The summed E-state index contributed by atoms with van der Waals surface area (Å²) in [5, 5.41) is 3.01. The van der Waals surface area contributed by atoms with Crippen LogP contribution >= 0.6 is 0 Å². The number of benzene rings is 1. The average molecular weight is 450 g/mol. The fraction of sp³-hybridized carbons (Fsp3) is 0.400. The number of carbonyl (C=O) groups is 1. The highest BCUT2D eigenvalue weighted by molar-refractivity contribution is 5.93. The number of nitrogens with one attached hydrogen (secondary N) is 1. The van der Waals surface area contributed by atoms with Crippen molar-refractivity contribution in [1.29, 1.82) is 0 Å². The van der Waals surface area contributed by atoms with Crippen LogP contribution in [0.5, 0.6) is 5.88 Å². The lowest BCUT2D eigenvalue weighted by Gasteiger charge is -2.31. The molecule has 8 heteroatoms. The Bertz CT molecular complexity index is 1070. The third-order valence-electron chi connectivity index (χ3n) is 6.01. The summed E-state index contributed by atoms with van der Waals surface area (Å²) in [6.07, 6.45) is 3.79. The normalized spacial score (nSPS) is 14.8. The Hall–Kier alpha value is -3.39. The highest BCUT2D eigenvalue weighted by atomic mass is 16.5. The van der Waals surface area contributed by atoms with Crippen LogP contribution in [0.15, 0.2) is 47.0 Å². The molecule has 1 amide bonds. The van der Waals surface area contributed by atoms with Crippen LogP contribution < -0.4 is 15.8 Å². The minimum Gasteiger partial charge on any atom is -0.478 e. The second-order valence-corrected chi connectivity index (χ2v) is 8.37. The molecule has 0 saturated carbocycles. The summed E-state index contributed by atoms with van der Waals surface area (Å²) < 4.78 is 11.4. The van der Waals surface area contributed by atoms with Crippen LogP contribution in [0.25, 0.3) is 11.3 Å². The number of hydrogen-bond acceptors (Lipinski definition) is 7. The van der Waals surface area contributed by atoms with E-state index in [9.17, 15) is 4.79 Å². The zero-order valence-corrected chi connectivity index (χ0v) is 19.2. The predicted octanol–water partition coefficient (Wildman–Crippen LogP) is 3.67. The Morgan fingerprint density at radius 1 is 1.27 bits per heavy atom. The van der Waals surface area contributed by atoms with Gasteiger partial charge in [-0.1, -0.05) is 30.3 Å². The van der Waals surface area contributed by atoms with Gasteiger partial charge >= 0.3 is 0 Å². The monoisotopic (exact) mass is 449 g/mol. The molecule has 1 aliphatic rings. The van der Waals surface area contributed by atoms with Crippen LogP contribution in [0.3, 0.4) is 0 Å². The van der Waals surface area contributed by atoms with Crippen molar-refractivity contribution in [3.63, 3.8) is 0 Å². The number of rotatable bonds is 8. The highest BCUT2D eigenvalue weighted by Crippen LogP contribution is 2.24. The van der Waals surface area contributed by atoms with Crippen molar-refractivity contribution >= 4 is 11.6 Å². The van der Waals surface area contributed by atoms with Crippen LogP contribution in [0, 0.1) is 12.8 Å². The van der Waals surface area contributed by atoms with E-state index in [0.717, 1.165) is 48.7 Å². The number of carbonyl (C=O) groups excluding carboxylic acids is 1. The van der Waals surface area contributed by atoms with Crippen molar-refractivity contribution in [2.75, 3.05) is 32.0 Å². The van der Waals surface area contributed by atoms with Gasteiger partial charge in [0.1, 0.15) is 5.69 Å². The summed E-state index contributed by atoms with van der Waals surface area (Å²) in [6.45, 7) is 7.37. The quantitative estimate of drug-likeness (QED) is 0.540. The number of aromatic nitrogens is 2. The number of hydrogen-bond donors (Lipinski definition) is 2. The Morgan fingerprint density at radius 3 is 2.76 bits per heavy atom. The van der Waals surface area contributed by atoms with E-state index in [-0.39, 0.29) is 11.6 Å². The van der Waals surface area contributed by atoms with E-state index in [1.807, 2.05) is 44.2 Å². The van der Waals surface area contributed by atoms with E-state index < -0.39 is 0 Å². The molecule has 0 unspecified atom stereocenters. The lowest BCUT2D eigenvalue weighted by molar-refractivity contribution is 0.0928. The number of nitrogen functional groups attached to an aromatic ring is 1. The van der Waals surface area contributed by atoms with Gasteiger partial charge in [-0.3, -0.25) is 9.69 Å². The van der Waals surface area contributed by atoms with Crippen molar-refractivity contribution in [3.05, 3.63) is 59.7 Å². The van der Waals surface area contributed by atoms with Crippen molar-refractivity contribution in [1.82, 2.24) is 20.2 Å². The van der Waals surface area contributed by atoms with Gasteiger partial charge in [0.05, 0.1) is 19.3 Å². The van der Waals surface area contributed by atoms with E-state index in [1.54, 1.807) is 12.3 Å². The molecule has 0 aliphatic carbocycles. The van der Waals surface area contributed by atoms with E-state index in [1.165, 1.54) is 0 Å². The largest absolute Gasteiger partial charge is 0.478 e. The summed E-state index contributed by atoms with van der Waals surface area (Å²) in [6, 6.07) is 11.6. The van der Waals surface area contributed by atoms with Crippen molar-refractivity contribution in [2.24, 2.45) is 5.92 Å². The number of pyridine rings is 1. The maximum absolute atomic E-state index is 12.6. The van der Waals surface area contributed by atoms with Crippen LogP contribution in [-0.4, -0.2) is 47.0 Å². The van der Waals surface area contributed by atoms with E-state index >= 15 is 0 Å². The highest BCUT2D eigenvalue weighted by Gasteiger charge is 2.22. The van der Waals surface area contributed by atoms with Crippen molar-refractivity contribution in [2.45, 2.75) is 33.2 Å². The molecule has 8 nitrogen and oxygen atoms in total. The standard InChI is InChI=1S/C25H31N5O3/c1-3-32-25-17(2)20(26)13-21(29-25)24(31)28-14-18-9-11-30(12-10-18)16-23-27-15-22(33-23)19-7-5-4-6-8-19/h4-8,13,15,18H,3,9-12,14,16H2,1-2H3,(H2,26,29)(H,28,31). The second kappa shape index (κ2) is 10.5. The average Bonchev–Trinajstić information content (AvgIpc) is 3.30. The summed E-state index contributed by atoms with van der Waals surface area (Å²) >= 11 is 0. The van der Waals surface area contributed by atoms with Gasteiger partial charge in [0.25, 0.3) is 5.91 Å². The summed E-state index contributed by atoms with van der Waals surface area (Å²) in [7, 11) is 0. The number of likely N-dealkylation sites (tertiary alicyclic amines) is 1. The summed E-state index contributed by atoms with van der Waals surface area (Å²) in [5.74, 6) is 2.13. The minimum atomic E-state index is -0.224. The number of oxazole rings is 1. The molecule has 33 heavy (non-hydrogen) atoms. The van der Waals surface area contributed by atoms with Gasteiger partial charge in [0.15, 0.2) is 5.76 Å². The number of anilines is 1.